The van der Waals surface area contributed by atoms with Gasteiger partial charge in [-0.3, -0.25) is 10.1 Å². The quantitative estimate of drug-likeness (QED) is 0.472. The third-order valence-corrected chi connectivity index (χ3v) is 5.47. The molecular formula is C16H17N5O3S2. The molecule has 0 aliphatic rings. The molecule has 2 heterocycles. The summed E-state index contributed by atoms with van der Waals surface area (Å²) in [6.45, 7) is -0.275. The van der Waals surface area contributed by atoms with Gasteiger partial charge in [0, 0.05) is 23.0 Å². The Morgan fingerprint density at radius 3 is 2.85 bits per heavy atom. The van der Waals surface area contributed by atoms with Gasteiger partial charge in [0.1, 0.15) is 0 Å². The zero-order chi connectivity index (χ0) is 18.7. The Morgan fingerprint density at radius 2 is 2.19 bits per heavy atom. The van der Waals surface area contributed by atoms with Crippen LogP contribution in [0.5, 0.6) is 0 Å². The zero-order valence-corrected chi connectivity index (χ0v) is 15.5. The highest BCUT2D eigenvalue weighted by molar-refractivity contribution is 7.99. The Morgan fingerprint density at radius 1 is 1.38 bits per heavy atom. The van der Waals surface area contributed by atoms with Gasteiger partial charge < -0.3 is 20.5 Å². The van der Waals surface area contributed by atoms with E-state index in [1.54, 1.807) is 34.3 Å². The predicted octanol–water partition coefficient (Wildman–Crippen LogP) is 1.85. The van der Waals surface area contributed by atoms with Crippen molar-refractivity contribution in [3.05, 3.63) is 46.7 Å². The van der Waals surface area contributed by atoms with Crippen LogP contribution >= 0.6 is 23.1 Å². The Kier molecular flexibility index (Phi) is 5.57. The first-order valence-electron chi connectivity index (χ1n) is 7.57. The summed E-state index contributed by atoms with van der Waals surface area (Å²) >= 11 is 2.59. The van der Waals surface area contributed by atoms with Crippen molar-refractivity contribution in [1.82, 2.24) is 14.5 Å². The van der Waals surface area contributed by atoms with E-state index in [-0.39, 0.29) is 19.1 Å². The highest BCUT2D eigenvalue weighted by Crippen LogP contribution is 2.30. The topological polar surface area (TPSA) is 126 Å². The van der Waals surface area contributed by atoms with Gasteiger partial charge in [0.2, 0.25) is 0 Å². The lowest BCUT2D eigenvalue weighted by Crippen LogP contribution is -2.14. The number of nitrogens with one attached hydrogen (secondary N) is 1. The summed E-state index contributed by atoms with van der Waals surface area (Å²) in [7, 11) is 1.81. The molecule has 8 nitrogen and oxygen atoms in total. The molecule has 3 rings (SSSR count). The van der Waals surface area contributed by atoms with Crippen molar-refractivity contribution in [3.63, 3.8) is 0 Å². The molecule has 1 aromatic carbocycles. The maximum atomic E-state index is 12.5. The number of imidazole rings is 1. The molecule has 0 bridgehead atoms. The van der Waals surface area contributed by atoms with Crippen LogP contribution in [0, 0.1) is 0 Å². The number of nitrogen functional groups attached to an aromatic ring is 1. The standard InChI is InChI=1S/C16H17N5O3S2/c1-21-10(7-23)5-18-16(21)26-11-2-3-13(17)12(4-11)14(24)20-15-19-9(6-22)8-25-15/h2-5,8,22-23H,6-7,17H2,1H3,(H,19,20,24). The largest absolute Gasteiger partial charge is 0.398 e. The smallest absolute Gasteiger partial charge is 0.259 e. The van der Waals surface area contributed by atoms with E-state index in [9.17, 15) is 9.90 Å². The molecule has 26 heavy (non-hydrogen) atoms. The number of aliphatic hydroxyl groups is 2. The molecule has 136 valence electrons. The summed E-state index contributed by atoms with van der Waals surface area (Å²) in [4.78, 5) is 21.6. The van der Waals surface area contributed by atoms with Gasteiger partial charge in [0.25, 0.3) is 5.91 Å². The first-order valence-corrected chi connectivity index (χ1v) is 9.27. The van der Waals surface area contributed by atoms with Crippen molar-refractivity contribution in [2.75, 3.05) is 11.1 Å². The summed E-state index contributed by atoms with van der Waals surface area (Å²) in [5, 5.41) is 23.7. The Bertz CT molecular complexity index is 938. The molecule has 0 aliphatic carbocycles. The highest BCUT2D eigenvalue weighted by Gasteiger charge is 2.15. The van der Waals surface area contributed by atoms with E-state index in [2.05, 4.69) is 15.3 Å². The normalized spacial score (nSPS) is 10.9. The van der Waals surface area contributed by atoms with Crippen LogP contribution in [-0.4, -0.2) is 30.7 Å². The molecule has 0 unspecified atom stereocenters. The number of nitrogens with zero attached hydrogens (tertiary/aromatic N) is 3. The van der Waals surface area contributed by atoms with Gasteiger partial charge in [-0.1, -0.05) is 11.8 Å². The first-order chi connectivity index (χ1) is 12.5. The summed E-state index contributed by atoms with van der Waals surface area (Å²) in [6, 6.07) is 5.15. The SMILES string of the molecule is Cn1c(CO)cnc1Sc1ccc(N)c(C(=O)Nc2nc(CO)cs2)c1. The number of anilines is 2. The summed E-state index contributed by atoms with van der Waals surface area (Å²) in [5.74, 6) is -0.375. The minimum Gasteiger partial charge on any atom is -0.398 e. The van der Waals surface area contributed by atoms with Crippen molar-refractivity contribution in [2.24, 2.45) is 7.05 Å². The number of aliphatic hydroxyl groups excluding tert-OH is 2. The minimum absolute atomic E-state index is 0.0942. The fraction of sp³-hybridized carbons (Fsp3) is 0.188. The number of nitrogens with two attached hydrogens (primary N) is 1. The molecule has 0 atom stereocenters. The van der Waals surface area contributed by atoms with E-state index < -0.39 is 0 Å². The van der Waals surface area contributed by atoms with Crippen LogP contribution in [0.25, 0.3) is 0 Å². The maximum Gasteiger partial charge on any atom is 0.259 e. The lowest BCUT2D eigenvalue weighted by atomic mass is 10.1. The van der Waals surface area contributed by atoms with Crippen molar-refractivity contribution in [1.29, 1.82) is 0 Å². The number of benzene rings is 1. The molecule has 10 heteroatoms. The van der Waals surface area contributed by atoms with Crippen LogP contribution in [0.15, 0.2) is 39.8 Å². The Balaban J connectivity index is 1.80. The average Bonchev–Trinajstić information content (AvgIpc) is 3.23. The molecule has 1 amide bonds. The van der Waals surface area contributed by atoms with Crippen LogP contribution in [0.3, 0.4) is 0 Å². The molecule has 0 aliphatic heterocycles. The number of rotatable bonds is 6. The fourth-order valence-electron chi connectivity index (χ4n) is 2.17. The lowest BCUT2D eigenvalue weighted by Gasteiger charge is -2.08. The second-order valence-corrected chi connectivity index (χ2v) is 7.26. The second kappa shape index (κ2) is 7.87. The van der Waals surface area contributed by atoms with E-state index in [1.165, 1.54) is 23.1 Å². The third kappa shape index (κ3) is 3.88. The van der Waals surface area contributed by atoms with E-state index in [4.69, 9.17) is 10.8 Å². The van der Waals surface area contributed by atoms with E-state index >= 15 is 0 Å². The van der Waals surface area contributed by atoms with Crippen molar-refractivity contribution in [2.45, 2.75) is 23.3 Å². The van der Waals surface area contributed by atoms with E-state index in [0.717, 1.165) is 4.90 Å². The monoisotopic (exact) mass is 391 g/mol. The Labute approximate surface area is 157 Å². The summed E-state index contributed by atoms with van der Waals surface area (Å²) in [6.07, 6.45) is 1.61. The molecule has 0 saturated carbocycles. The maximum absolute atomic E-state index is 12.5. The number of amides is 1. The number of aromatic nitrogens is 3. The van der Waals surface area contributed by atoms with Crippen LogP contribution in [0.4, 0.5) is 10.8 Å². The number of carbonyl (C=O) groups is 1. The molecule has 0 spiro atoms. The highest BCUT2D eigenvalue weighted by atomic mass is 32.2. The zero-order valence-electron chi connectivity index (χ0n) is 13.8. The lowest BCUT2D eigenvalue weighted by molar-refractivity contribution is 0.102. The minimum atomic E-state index is -0.375. The first kappa shape index (κ1) is 18.4. The number of hydrogen-bond donors (Lipinski definition) is 4. The van der Waals surface area contributed by atoms with Gasteiger partial charge in [-0.15, -0.1) is 11.3 Å². The molecular weight excluding hydrogens is 374 g/mol. The van der Waals surface area contributed by atoms with E-state index in [0.29, 0.717) is 32.9 Å². The van der Waals surface area contributed by atoms with Crippen LogP contribution in [-0.2, 0) is 20.3 Å². The van der Waals surface area contributed by atoms with E-state index in [1.807, 2.05) is 7.05 Å². The van der Waals surface area contributed by atoms with Crippen LogP contribution in [0.2, 0.25) is 0 Å². The molecule has 0 fully saturated rings. The fourth-order valence-corrected chi connectivity index (χ4v) is 3.75. The third-order valence-electron chi connectivity index (χ3n) is 3.62. The van der Waals surface area contributed by atoms with Crippen LogP contribution < -0.4 is 11.1 Å². The second-order valence-electron chi connectivity index (χ2n) is 5.36. The van der Waals surface area contributed by atoms with Gasteiger partial charge >= 0.3 is 0 Å². The van der Waals surface area contributed by atoms with Gasteiger partial charge in [0.05, 0.1) is 36.4 Å². The van der Waals surface area contributed by atoms with Crippen molar-refractivity contribution >= 4 is 39.8 Å². The predicted molar refractivity (Wildman–Crippen MR) is 100 cm³/mol. The molecule has 0 saturated heterocycles. The molecule has 5 N–H and O–H groups in total. The molecule has 2 aromatic heterocycles. The summed E-state index contributed by atoms with van der Waals surface area (Å²) in [5.41, 5.74) is 7.81. The Hall–Kier alpha value is -2.40. The summed E-state index contributed by atoms with van der Waals surface area (Å²) < 4.78 is 1.78. The number of hydrogen-bond acceptors (Lipinski definition) is 8. The number of carbonyl (C=O) groups excluding carboxylic acids is 1. The average molecular weight is 391 g/mol. The van der Waals surface area contributed by atoms with Gasteiger partial charge in [0.15, 0.2) is 10.3 Å². The number of thiazole rings is 1. The van der Waals surface area contributed by atoms with Gasteiger partial charge in [-0.25, -0.2) is 9.97 Å². The van der Waals surface area contributed by atoms with Crippen molar-refractivity contribution in [3.8, 4) is 0 Å². The molecule has 0 radical (unpaired) electrons. The molecule has 3 aromatic rings. The van der Waals surface area contributed by atoms with Gasteiger partial charge in [-0.05, 0) is 18.2 Å². The van der Waals surface area contributed by atoms with Crippen molar-refractivity contribution < 1.29 is 15.0 Å². The van der Waals surface area contributed by atoms with Crippen LogP contribution in [0.1, 0.15) is 21.7 Å². The van der Waals surface area contributed by atoms with Gasteiger partial charge in [-0.2, -0.15) is 0 Å².